The molecule has 2 heterocycles. The van der Waals surface area contributed by atoms with Gasteiger partial charge in [0.2, 0.25) is 0 Å². The number of alkyl halides is 3. The minimum Gasteiger partial charge on any atom is -0.393 e. The van der Waals surface area contributed by atoms with Crippen molar-refractivity contribution in [2.75, 3.05) is 29.0 Å². The van der Waals surface area contributed by atoms with Crippen LogP contribution in [0.25, 0.3) is 0 Å². The van der Waals surface area contributed by atoms with Crippen LogP contribution in [-0.2, 0) is 6.18 Å². The predicted octanol–water partition coefficient (Wildman–Crippen LogP) is 4.06. The first-order valence-electron chi connectivity index (χ1n) is 8.15. The summed E-state index contributed by atoms with van der Waals surface area (Å²) in [5.74, 6) is 1.39. The molecule has 1 aliphatic heterocycles. The van der Waals surface area contributed by atoms with E-state index in [0.29, 0.717) is 11.7 Å². The van der Waals surface area contributed by atoms with Gasteiger partial charge in [-0.3, -0.25) is 0 Å². The molecule has 2 aromatic rings. The standard InChI is InChI=1S/C17H20F3N5/c1-11-6-8-25(9-7-11)16-14(21)15(22-10-23-16)24-13-5-3-2-4-12(13)17(18,19)20/h2-5,10-11H,6-9,21H2,1H3,(H,22,23,24). The van der Waals surface area contributed by atoms with Gasteiger partial charge < -0.3 is 16.0 Å². The molecule has 134 valence electrons. The van der Waals surface area contributed by atoms with Gasteiger partial charge in [0.25, 0.3) is 0 Å². The third-order valence-corrected chi connectivity index (χ3v) is 4.43. The topological polar surface area (TPSA) is 67.1 Å². The average molecular weight is 351 g/mol. The van der Waals surface area contributed by atoms with Gasteiger partial charge in [-0.25, -0.2) is 9.97 Å². The molecule has 8 heteroatoms. The van der Waals surface area contributed by atoms with Gasteiger partial charge in [-0.15, -0.1) is 0 Å². The molecule has 25 heavy (non-hydrogen) atoms. The number of nitrogens with two attached hydrogens (primary N) is 1. The van der Waals surface area contributed by atoms with E-state index in [1.807, 2.05) is 0 Å². The first-order chi connectivity index (χ1) is 11.9. The van der Waals surface area contributed by atoms with E-state index in [9.17, 15) is 13.2 Å². The maximum absolute atomic E-state index is 13.1. The van der Waals surface area contributed by atoms with Gasteiger partial charge in [0.15, 0.2) is 11.6 Å². The van der Waals surface area contributed by atoms with Crippen LogP contribution in [0.1, 0.15) is 25.3 Å². The summed E-state index contributed by atoms with van der Waals surface area (Å²) >= 11 is 0. The molecule has 0 amide bonds. The Balaban J connectivity index is 1.89. The zero-order valence-electron chi connectivity index (χ0n) is 13.8. The summed E-state index contributed by atoms with van der Waals surface area (Å²) in [6, 6.07) is 5.25. The largest absolute Gasteiger partial charge is 0.418 e. The van der Waals surface area contributed by atoms with Gasteiger partial charge in [-0.05, 0) is 30.9 Å². The van der Waals surface area contributed by atoms with Crippen LogP contribution in [0.2, 0.25) is 0 Å². The highest BCUT2D eigenvalue weighted by molar-refractivity contribution is 5.79. The van der Waals surface area contributed by atoms with Crippen LogP contribution < -0.4 is 16.0 Å². The summed E-state index contributed by atoms with van der Waals surface area (Å²) in [7, 11) is 0. The number of halogens is 3. The van der Waals surface area contributed by atoms with Crippen molar-refractivity contribution in [3.8, 4) is 0 Å². The summed E-state index contributed by atoms with van der Waals surface area (Å²) in [5, 5.41) is 2.71. The highest BCUT2D eigenvalue weighted by Crippen LogP contribution is 2.37. The lowest BCUT2D eigenvalue weighted by atomic mass is 9.99. The van der Waals surface area contributed by atoms with Gasteiger partial charge in [0, 0.05) is 13.1 Å². The van der Waals surface area contributed by atoms with Crippen molar-refractivity contribution in [1.29, 1.82) is 0 Å². The lowest BCUT2D eigenvalue weighted by Gasteiger charge is -2.32. The van der Waals surface area contributed by atoms with E-state index >= 15 is 0 Å². The number of nitrogens with one attached hydrogen (secondary N) is 1. The van der Waals surface area contributed by atoms with Gasteiger partial charge in [0.1, 0.15) is 12.0 Å². The molecule has 5 nitrogen and oxygen atoms in total. The summed E-state index contributed by atoms with van der Waals surface area (Å²) in [4.78, 5) is 10.3. The fourth-order valence-corrected chi connectivity index (χ4v) is 2.93. The number of piperidine rings is 1. The van der Waals surface area contributed by atoms with Crippen molar-refractivity contribution >= 4 is 23.0 Å². The Morgan fingerprint density at radius 1 is 1.16 bits per heavy atom. The normalized spacial score (nSPS) is 16.1. The number of rotatable bonds is 3. The SMILES string of the molecule is CC1CCN(c2ncnc(Nc3ccccc3C(F)(F)F)c2N)CC1. The highest BCUT2D eigenvalue weighted by atomic mass is 19.4. The molecule has 0 aliphatic carbocycles. The Kier molecular flexibility index (Phi) is 4.69. The maximum atomic E-state index is 13.1. The minimum atomic E-state index is -4.46. The summed E-state index contributed by atoms with van der Waals surface area (Å²) in [6.45, 7) is 3.84. The van der Waals surface area contributed by atoms with E-state index in [2.05, 4.69) is 27.1 Å². The summed E-state index contributed by atoms with van der Waals surface area (Å²) in [6.07, 6.45) is -1.08. The quantitative estimate of drug-likeness (QED) is 0.873. The molecule has 0 spiro atoms. The van der Waals surface area contributed by atoms with Gasteiger partial charge in [0.05, 0.1) is 11.3 Å². The van der Waals surface area contributed by atoms with Crippen LogP contribution in [0.15, 0.2) is 30.6 Å². The lowest BCUT2D eigenvalue weighted by molar-refractivity contribution is -0.136. The van der Waals surface area contributed by atoms with Gasteiger partial charge in [-0.2, -0.15) is 13.2 Å². The van der Waals surface area contributed by atoms with E-state index in [1.165, 1.54) is 24.5 Å². The van der Waals surface area contributed by atoms with E-state index in [1.54, 1.807) is 0 Å². The van der Waals surface area contributed by atoms with Crippen molar-refractivity contribution in [1.82, 2.24) is 9.97 Å². The molecule has 1 saturated heterocycles. The highest BCUT2D eigenvalue weighted by Gasteiger charge is 2.33. The lowest BCUT2D eigenvalue weighted by Crippen LogP contribution is -2.34. The van der Waals surface area contributed by atoms with Crippen molar-refractivity contribution in [2.24, 2.45) is 5.92 Å². The number of para-hydroxylation sites is 1. The Morgan fingerprint density at radius 3 is 2.52 bits per heavy atom. The van der Waals surface area contributed by atoms with Crippen LogP contribution in [0.5, 0.6) is 0 Å². The van der Waals surface area contributed by atoms with Crippen LogP contribution >= 0.6 is 0 Å². The average Bonchev–Trinajstić information content (AvgIpc) is 2.57. The van der Waals surface area contributed by atoms with Crippen LogP contribution in [-0.4, -0.2) is 23.1 Å². The van der Waals surface area contributed by atoms with Crippen LogP contribution in [0, 0.1) is 5.92 Å². The second-order valence-corrected chi connectivity index (χ2v) is 6.30. The monoisotopic (exact) mass is 351 g/mol. The molecule has 1 aliphatic rings. The number of hydrogen-bond acceptors (Lipinski definition) is 5. The van der Waals surface area contributed by atoms with E-state index in [-0.39, 0.29) is 17.2 Å². The molecule has 0 unspecified atom stereocenters. The molecule has 0 bridgehead atoms. The summed E-state index contributed by atoms with van der Waals surface area (Å²) < 4.78 is 39.4. The molecule has 1 aromatic heterocycles. The smallest absolute Gasteiger partial charge is 0.393 e. The molecule has 0 atom stereocenters. The number of aromatic nitrogens is 2. The van der Waals surface area contributed by atoms with Crippen molar-refractivity contribution in [2.45, 2.75) is 25.9 Å². The molecule has 3 N–H and O–H groups in total. The van der Waals surface area contributed by atoms with E-state index < -0.39 is 11.7 Å². The van der Waals surface area contributed by atoms with Crippen molar-refractivity contribution in [3.63, 3.8) is 0 Å². The molecular weight excluding hydrogens is 331 g/mol. The maximum Gasteiger partial charge on any atom is 0.418 e. The molecule has 1 aromatic carbocycles. The fraction of sp³-hybridized carbons (Fsp3) is 0.412. The first kappa shape index (κ1) is 17.3. The molecule has 3 rings (SSSR count). The predicted molar refractivity (Wildman–Crippen MR) is 91.8 cm³/mol. The minimum absolute atomic E-state index is 0.0846. The Labute approximate surface area is 144 Å². The molecule has 1 fully saturated rings. The van der Waals surface area contributed by atoms with E-state index in [0.717, 1.165) is 32.0 Å². The second kappa shape index (κ2) is 6.78. The van der Waals surface area contributed by atoms with Crippen LogP contribution in [0.3, 0.4) is 0 Å². The third-order valence-electron chi connectivity index (χ3n) is 4.43. The first-order valence-corrected chi connectivity index (χ1v) is 8.15. The Morgan fingerprint density at radius 2 is 1.84 bits per heavy atom. The number of anilines is 4. The fourth-order valence-electron chi connectivity index (χ4n) is 2.93. The van der Waals surface area contributed by atoms with Crippen molar-refractivity contribution in [3.05, 3.63) is 36.2 Å². The number of hydrogen-bond donors (Lipinski definition) is 2. The number of benzene rings is 1. The molecular formula is C17H20F3N5. The zero-order valence-corrected chi connectivity index (χ0v) is 13.8. The number of nitrogens with zero attached hydrogens (tertiary/aromatic N) is 3. The van der Waals surface area contributed by atoms with E-state index in [4.69, 9.17) is 5.73 Å². The van der Waals surface area contributed by atoms with Crippen molar-refractivity contribution < 1.29 is 13.2 Å². The Hall–Kier alpha value is -2.51. The third kappa shape index (κ3) is 3.78. The number of nitrogen functional groups attached to an aromatic ring is 1. The van der Waals surface area contributed by atoms with Crippen LogP contribution in [0.4, 0.5) is 36.2 Å². The van der Waals surface area contributed by atoms with Gasteiger partial charge in [-0.1, -0.05) is 19.1 Å². The molecule has 0 radical (unpaired) electrons. The summed E-state index contributed by atoms with van der Waals surface area (Å²) in [5.41, 5.74) is 5.56. The second-order valence-electron chi connectivity index (χ2n) is 6.30. The van der Waals surface area contributed by atoms with Gasteiger partial charge >= 0.3 is 6.18 Å². The molecule has 0 saturated carbocycles. The zero-order chi connectivity index (χ0) is 18.0. The Bertz CT molecular complexity index is 739.